The first kappa shape index (κ1) is 15.3. The highest BCUT2D eigenvalue weighted by Crippen LogP contribution is 2.18. The normalized spacial score (nSPS) is 14.1. The van der Waals surface area contributed by atoms with Crippen LogP contribution in [0.4, 0.5) is 0 Å². The quantitative estimate of drug-likeness (QED) is 0.657. The molecule has 2 heterocycles. The Kier molecular flexibility index (Phi) is 4.16. The van der Waals surface area contributed by atoms with Gasteiger partial charge in [0.05, 0.1) is 12.1 Å². The molecule has 6 heteroatoms. The van der Waals surface area contributed by atoms with E-state index in [0.29, 0.717) is 24.2 Å². The summed E-state index contributed by atoms with van der Waals surface area (Å²) >= 11 is 0. The van der Waals surface area contributed by atoms with Crippen LogP contribution in [0.2, 0.25) is 0 Å². The van der Waals surface area contributed by atoms with Crippen molar-refractivity contribution < 1.29 is 14.8 Å². The molecule has 1 aromatic heterocycles. The average Bonchev–Trinajstić information content (AvgIpc) is 2.86. The highest BCUT2D eigenvalue weighted by atomic mass is 16.5. The zero-order valence-electron chi connectivity index (χ0n) is 13.0. The Bertz CT molecular complexity index is 734. The molecule has 2 N–H and O–H groups in total. The van der Waals surface area contributed by atoms with Crippen LogP contribution in [0.15, 0.2) is 36.5 Å². The predicted molar refractivity (Wildman–Crippen MR) is 84.2 cm³/mol. The molecule has 2 aromatic rings. The fourth-order valence-corrected chi connectivity index (χ4v) is 2.84. The summed E-state index contributed by atoms with van der Waals surface area (Å²) in [6, 6.07) is 9.25. The number of benzene rings is 1. The summed E-state index contributed by atoms with van der Waals surface area (Å²) in [5, 5.41) is 8.74. The zero-order chi connectivity index (χ0) is 16.4. The highest BCUT2D eigenvalue weighted by molar-refractivity contribution is 5.95. The van der Waals surface area contributed by atoms with Gasteiger partial charge in [-0.2, -0.15) is 0 Å². The van der Waals surface area contributed by atoms with E-state index in [1.807, 2.05) is 35.8 Å². The lowest BCUT2D eigenvalue weighted by Crippen LogP contribution is -2.30. The largest absolute Gasteiger partial charge is 0.349 e. The summed E-state index contributed by atoms with van der Waals surface area (Å²) in [6.07, 6.45) is 2.53. The van der Waals surface area contributed by atoms with Gasteiger partial charge < -0.3 is 9.47 Å². The highest BCUT2D eigenvalue weighted by Gasteiger charge is 2.22. The third kappa shape index (κ3) is 3.12. The molecule has 0 atom stereocenters. The topological polar surface area (TPSA) is 74.6 Å². The van der Waals surface area contributed by atoms with Gasteiger partial charge in [-0.3, -0.25) is 14.8 Å². The molecule has 0 saturated carbocycles. The van der Waals surface area contributed by atoms with Crippen molar-refractivity contribution in [2.45, 2.75) is 26.4 Å². The van der Waals surface area contributed by atoms with Crippen LogP contribution >= 0.6 is 0 Å². The first-order chi connectivity index (χ1) is 11.1. The molecular weight excluding hydrogens is 294 g/mol. The van der Waals surface area contributed by atoms with Crippen LogP contribution in [0.3, 0.4) is 0 Å². The molecule has 1 aliphatic rings. The van der Waals surface area contributed by atoms with Gasteiger partial charge in [-0.25, -0.2) is 5.48 Å². The maximum atomic E-state index is 12.7. The fourth-order valence-electron chi connectivity index (χ4n) is 2.84. The van der Waals surface area contributed by atoms with Gasteiger partial charge >= 0.3 is 0 Å². The summed E-state index contributed by atoms with van der Waals surface area (Å²) in [4.78, 5) is 26.0. The minimum Gasteiger partial charge on any atom is -0.349 e. The Morgan fingerprint density at radius 3 is 2.57 bits per heavy atom. The molecule has 1 aromatic carbocycles. The van der Waals surface area contributed by atoms with E-state index in [2.05, 4.69) is 0 Å². The van der Waals surface area contributed by atoms with Gasteiger partial charge in [-0.05, 0) is 31.5 Å². The molecular formula is C17H19N3O3. The number of carbonyl (C=O) groups is 2. The second-order valence-corrected chi connectivity index (χ2v) is 5.80. The molecule has 120 valence electrons. The molecule has 0 bridgehead atoms. The average molecular weight is 313 g/mol. The Morgan fingerprint density at radius 1 is 1.13 bits per heavy atom. The zero-order valence-corrected chi connectivity index (χ0v) is 13.0. The summed E-state index contributed by atoms with van der Waals surface area (Å²) < 4.78 is 1.97. The van der Waals surface area contributed by atoms with Crippen molar-refractivity contribution >= 4 is 11.8 Å². The van der Waals surface area contributed by atoms with Gasteiger partial charge in [0, 0.05) is 30.5 Å². The van der Waals surface area contributed by atoms with Crippen molar-refractivity contribution in [2.75, 3.05) is 6.54 Å². The number of rotatable bonds is 2. The van der Waals surface area contributed by atoms with Gasteiger partial charge in [-0.15, -0.1) is 0 Å². The standard InChI is InChI=1S/C17H19N3O3/c1-12-3-5-13(6-4-12)17(22)20-8-2-7-19-10-14(16(21)18-23)9-15(19)11-20/h3-6,9-10,23H,2,7-8,11H2,1H3,(H,18,21). The number of amides is 2. The molecule has 0 spiro atoms. The van der Waals surface area contributed by atoms with Crippen LogP contribution < -0.4 is 5.48 Å². The van der Waals surface area contributed by atoms with E-state index in [9.17, 15) is 9.59 Å². The Morgan fingerprint density at radius 2 is 1.87 bits per heavy atom. The third-order valence-electron chi connectivity index (χ3n) is 4.12. The molecule has 0 fully saturated rings. The van der Waals surface area contributed by atoms with E-state index in [0.717, 1.165) is 24.2 Å². The van der Waals surface area contributed by atoms with Crippen molar-refractivity contribution in [3.8, 4) is 0 Å². The maximum absolute atomic E-state index is 12.7. The molecule has 3 rings (SSSR count). The molecule has 6 nitrogen and oxygen atoms in total. The van der Waals surface area contributed by atoms with Crippen molar-refractivity contribution in [1.82, 2.24) is 14.9 Å². The fraction of sp³-hybridized carbons (Fsp3) is 0.294. The van der Waals surface area contributed by atoms with Gasteiger partial charge in [0.1, 0.15) is 0 Å². The number of carbonyl (C=O) groups excluding carboxylic acids is 2. The van der Waals surface area contributed by atoms with Crippen molar-refractivity contribution in [3.05, 3.63) is 58.9 Å². The summed E-state index contributed by atoms with van der Waals surface area (Å²) in [5.41, 5.74) is 4.71. The molecule has 0 radical (unpaired) electrons. The van der Waals surface area contributed by atoms with Crippen molar-refractivity contribution in [2.24, 2.45) is 0 Å². The Hall–Kier alpha value is -2.60. The summed E-state index contributed by atoms with van der Waals surface area (Å²) in [5.74, 6) is -0.546. The smallest absolute Gasteiger partial charge is 0.276 e. The molecule has 0 aliphatic carbocycles. The van der Waals surface area contributed by atoms with Gasteiger partial charge in [0.2, 0.25) is 0 Å². The van der Waals surface area contributed by atoms with Crippen LogP contribution in [0.5, 0.6) is 0 Å². The van der Waals surface area contributed by atoms with E-state index < -0.39 is 5.91 Å². The van der Waals surface area contributed by atoms with E-state index in [4.69, 9.17) is 5.21 Å². The van der Waals surface area contributed by atoms with Crippen LogP contribution in [0.25, 0.3) is 0 Å². The Balaban J connectivity index is 1.82. The minimum atomic E-state index is -0.540. The first-order valence-electron chi connectivity index (χ1n) is 7.58. The molecule has 23 heavy (non-hydrogen) atoms. The van der Waals surface area contributed by atoms with Crippen LogP contribution in [-0.4, -0.2) is 33.0 Å². The lowest BCUT2D eigenvalue weighted by molar-refractivity contribution is 0.0706. The van der Waals surface area contributed by atoms with Crippen molar-refractivity contribution in [1.29, 1.82) is 0 Å². The maximum Gasteiger partial charge on any atom is 0.276 e. The lowest BCUT2D eigenvalue weighted by Gasteiger charge is -2.20. The number of aryl methyl sites for hydroxylation is 2. The van der Waals surface area contributed by atoms with E-state index >= 15 is 0 Å². The predicted octanol–water partition coefficient (Wildman–Crippen LogP) is 1.96. The van der Waals surface area contributed by atoms with Gasteiger partial charge in [0.25, 0.3) is 11.8 Å². The van der Waals surface area contributed by atoms with Crippen LogP contribution in [-0.2, 0) is 13.1 Å². The second-order valence-electron chi connectivity index (χ2n) is 5.80. The minimum absolute atomic E-state index is 0.00666. The molecule has 0 saturated heterocycles. The number of hydrogen-bond acceptors (Lipinski definition) is 3. The number of nitrogens with one attached hydrogen (secondary N) is 1. The summed E-state index contributed by atoms with van der Waals surface area (Å²) in [6.45, 7) is 3.86. The van der Waals surface area contributed by atoms with Gasteiger partial charge in [-0.1, -0.05) is 17.7 Å². The molecule has 2 amide bonds. The number of nitrogens with zero attached hydrogens (tertiary/aromatic N) is 2. The SMILES string of the molecule is Cc1ccc(C(=O)N2CCCn3cc(C(=O)NO)cc3C2)cc1. The number of aromatic nitrogens is 1. The van der Waals surface area contributed by atoms with Crippen LogP contribution in [0.1, 0.15) is 38.4 Å². The van der Waals surface area contributed by atoms with E-state index in [1.54, 1.807) is 22.6 Å². The lowest BCUT2D eigenvalue weighted by atomic mass is 10.1. The molecule has 1 aliphatic heterocycles. The van der Waals surface area contributed by atoms with Gasteiger partial charge in [0.15, 0.2) is 0 Å². The third-order valence-corrected chi connectivity index (χ3v) is 4.12. The number of fused-ring (bicyclic) bond motifs is 1. The first-order valence-corrected chi connectivity index (χ1v) is 7.58. The Labute approximate surface area is 134 Å². The second kappa shape index (κ2) is 6.26. The van der Waals surface area contributed by atoms with E-state index in [-0.39, 0.29) is 5.91 Å². The number of hydrogen-bond donors (Lipinski definition) is 2. The molecule has 0 unspecified atom stereocenters. The number of hydroxylamine groups is 1. The van der Waals surface area contributed by atoms with Crippen LogP contribution in [0, 0.1) is 6.92 Å². The monoisotopic (exact) mass is 313 g/mol. The van der Waals surface area contributed by atoms with E-state index in [1.165, 1.54) is 0 Å². The van der Waals surface area contributed by atoms with Crippen molar-refractivity contribution in [3.63, 3.8) is 0 Å². The summed E-state index contributed by atoms with van der Waals surface area (Å²) in [7, 11) is 0.